The van der Waals surface area contributed by atoms with Crippen LogP contribution < -0.4 is 0 Å². The molecule has 0 amide bonds. The summed E-state index contributed by atoms with van der Waals surface area (Å²) < 4.78 is 0. The quantitative estimate of drug-likeness (QED) is 0.641. The normalized spacial score (nSPS) is 9.00. The van der Waals surface area contributed by atoms with Crippen LogP contribution >= 0.6 is 28.3 Å². The molecule has 0 aromatic heterocycles. The van der Waals surface area contributed by atoms with E-state index in [1.165, 1.54) is 0 Å². The zero-order valence-electron chi connectivity index (χ0n) is 1.54. The fourth-order valence-electron chi connectivity index (χ4n) is 0. The summed E-state index contributed by atoms with van der Waals surface area (Å²) >= 11 is -2.11. The summed E-state index contributed by atoms with van der Waals surface area (Å²) in [4.78, 5) is 0. The second kappa shape index (κ2) is 2.78. The Balaban J connectivity index is 2.32. The standard InChI is InChI=1S/3ClH.W/h3*1H;/q;;;+3/p-3. The van der Waals surface area contributed by atoms with Crippen LogP contribution in [-0.2, 0) is 14.2 Å². The molecule has 0 radical (unpaired) electrons. The maximum absolute atomic E-state index is 5.00. The Kier molecular flexibility index (Phi) is 3.86. The Hall–Kier alpha value is 1.56. The van der Waals surface area contributed by atoms with Crippen LogP contribution in [0.5, 0.6) is 0 Å². The van der Waals surface area contributed by atoms with E-state index < -0.39 is 14.2 Å². The van der Waals surface area contributed by atoms with Crippen molar-refractivity contribution >= 4 is 28.3 Å². The van der Waals surface area contributed by atoms with Crippen molar-refractivity contribution in [2.45, 2.75) is 0 Å². The molecule has 0 nitrogen and oxygen atoms in total. The summed E-state index contributed by atoms with van der Waals surface area (Å²) in [5, 5.41) is 0. The minimum atomic E-state index is -2.11. The van der Waals surface area contributed by atoms with Gasteiger partial charge < -0.3 is 0 Å². The molecule has 0 unspecified atom stereocenters. The van der Waals surface area contributed by atoms with Gasteiger partial charge >= 0.3 is 42.4 Å². The molecule has 0 atom stereocenters. The molecule has 0 aromatic rings. The molecule has 0 fully saturated rings. The van der Waals surface area contributed by atoms with Gasteiger partial charge in [0.1, 0.15) is 0 Å². The van der Waals surface area contributed by atoms with Gasteiger partial charge in [0, 0.05) is 0 Å². The van der Waals surface area contributed by atoms with Gasteiger partial charge in [0.05, 0.1) is 0 Å². The molecule has 0 heterocycles. The van der Waals surface area contributed by atoms with E-state index in [4.69, 9.17) is 28.3 Å². The second-order valence-corrected chi connectivity index (χ2v) is 12.9. The molecule has 0 rings (SSSR count). The number of hydrogen-bond donors (Lipinski definition) is 0. The number of rotatable bonds is 0. The molecule has 0 saturated heterocycles. The van der Waals surface area contributed by atoms with E-state index in [1.54, 1.807) is 0 Å². The van der Waals surface area contributed by atoms with Crippen LogP contribution in [0.15, 0.2) is 0 Å². The molecular weight excluding hydrogens is 290 g/mol. The second-order valence-electron chi connectivity index (χ2n) is 0.175. The van der Waals surface area contributed by atoms with Crippen LogP contribution in [0, 0.1) is 0 Å². The molecule has 0 spiro atoms. The van der Waals surface area contributed by atoms with Gasteiger partial charge in [-0.25, -0.2) is 0 Å². The van der Waals surface area contributed by atoms with Crippen molar-refractivity contribution in [3.63, 3.8) is 0 Å². The third kappa shape index (κ3) is 9.59. The summed E-state index contributed by atoms with van der Waals surface area (Å²) in [7, 11) is 15.0. The third-order valence-electron chi connectivity index (χ3n) is 0. The van der Waals surface area contributed by atoms with Crippen molar-refractivity contribution < 1.29 is 14.2 Å². The molecule has 0 saturated carbocycles. The maximum atomic E-state index is 5.00. The molecule has 0 N–H and O–H groups in total. The van der Waals surface area contributed by atoms with Crippen molar-refractivity contribution in [2.75, 3.05) is 0 Å². The van der Waals surface area contributed by atoms with Gasteiger partial charge in [0.25, 0.3) is 0 Å². The van der Waals surface area contributed by atoms with E-state index in [0.29, 0.717) is 0 Å². The minimum absolute atomic E-state index is 2.11. The molecule has 0 aliphatic carbocycles. The van der Waals surface area contributed by atoms with Gasteiger partial charge in [-0.2, -0.15) is 0 Å². The number of hydrogen-bond acceptors (Lipinski definition) is 0. The zero-order valence-corrected chi connectivity index (χ0v) is 6.74. The third-order valence-corrected chi connectivity index (χ3v) is 0. The van der Waals surface area contributed by atoms with E-state index >= 15 is 0 Å². The van der Waals surface area contributed by atoms with Crippen LogP contribution in [0.2, 0.25) is 0 Å². The molecule has 0 aromatic carbocycles. The predicted molar refractivity (Wildman–Crippen MR) is 17.6 cm³/mol. The number of halogens is 3. The monoisotopic (exact) mass is 289 g/mol. The summed E-state index contributed by atoms with van der Waals surface area (Å²) in [6.07, 6.45) is 0. The van der Waals surface area contributed by atoms with Crippen LogP contribution in [0.4, 0.5) is 0 Å². The van der Waals surface area contributed by atoms with Crippen molar-refractivity contribution in [3.05, 3.63) is 0 Å². The van der Waals surface area contributed by atoms with Gasteiger partial charge in [-0.15, -0.1) is 0 Å². The Labute approximate surface area is 42.4 Å². The Morgan fingerprint density at radius 2 is 1.00 bits per heavy atom. The summed E-state index contributed by atoms with van der Waals surface area (Å²) in [6.45, 7) is 0. The first-order valence-electron chi connectivity index (χ1n) is 0.463. The summed E-state index contributed by atoms with van der Waals surface area (Å²) in [6, 6.07) is 0. The first-order chi connectivity index (χ1) is 1.73. The van der Waals surface area contributed by atoms with Crippen molar-refractivity contribution in [1.29, 1.82) is 0 Å². The molecule has 0 aliphatic heterocycles. The Bertz CT molecular complexity index is 8.00. The van der Waals surface area contributed by atoms with Gasteiger partial charge in [0.15, 0.2) is 0 Å². The first kappa shape index (κ1) is 5.56. The molecule has 4 heteroatoms. The predicted octanol–water partition coefficient (Wildman–Crippen LogP) is 2.07. The van der Waals surface area contributed by atoms with E-state index in [9.17, 15) is 0 Å². The SMILES string of the molecule is [Cl][W]([Cl])[Cl]. The van der Waals surface area contributed by atoms with E-state index in [1.807, 2.05) is 0 Å². The van der Waals surface area contributed by atoms with Crippen LogP contribution in [0.25, 0.3) is 0 Å². The van der Waals surface area contributed by atoms with Crippen molar-refractivity contribution in [1.82, 2.24) is 0 Å². The van der Waals surface area contributed by atoms with Crippen LogP contribution in [0.1, 0.15) is 0 Å². The summed E-state index contributed by atoms with van der Waals surface area (Å²) in [5.41, 5.74) is 0. The van der Waals surface area contributed by atoms with E-state index in [2.05, 4.69) is 0 Å². The molecule has 0 bridgehead atoms. The van der Waals surface area contributed by atoms with Crippen molar-refractivity contribution in [3.8, 4) is 0 Å². The first-order valence-corrected chi connectivity index (χ1v) is 11.4. The average molecular weight is 290 g/mol. The van der Waals surface area contributed by atoms with Crippen molar-refractivity contribution in [2.24, 2.45) is 0 Å². The van der Waals surface area contributed by atoms with Gasteiger partial charge in [0.2, 0.25) is 0 Å². The molecule has 4 heavy (non-hydrogen) atoms. The van der Waals surface area contributed by atoms with E-state index in [-0.39, 0.29) is 0 Å². The molecule has 27 valence electrons. The zero-order chi connectivity index (χ0) is 3.58. The van der Waals surface area contributed by atoms with E-state index in [0.717, 1.165) is 0 Å². The van der Waals surface area contributed by atoms with Crippen LogP contribution in [0.3, 0.4) is 0 Å². The molecular formula is Cl3W. The average Bonchev–Trinajstić information content (AvgIpc) is 0.811. The van der Waals surface area contributed by atoms with Gasteiger partial charge in [-0.3, -0.25) is 0 Å². The Morgan fingerprint density at radius 1 is 1.00 bits per heavy atom. The van der Waals surface area contributed by atoms with Crippen LogP contribution in [-0.4, -0.2) is 0 Å². The Morgan fingerprint density at radius 3 is 1.00 bits per heavy atom. The van der Waals surface area contributed by atoms with Gasteiger partial charge in [-0.1, -0.05) is 0 Å². The fourth-order valence-corrected chi connectivity index (χ4v) is 0. The molecule has 0 aliphatic rings. The fraction of sp³-hybridized carbons (Fsp3) is 0. The van der Waals surface area contributed by atoms with Gasteiger partial charge in [-0.05, 0) is 0 Å². The summed E-state index contributed by atoms with van der Waals surface area (Å²) in [5.74, 6) is 0. The topological polar surface area (TPSA) is 0 Å².